The van der Waals surface area contributed by atoms with Gasteiger partial charge < -0.3 is 14.7 Å². The van der Waals surface area contributed by atoms with Crippen LogP contribution in [0.4, 0.5) is 0 Å². The summed E-state index contributed by atoms with van der Waals surface area (Å²) in [6, 6.07) is 0.792. The SMILES string of the molecule is CC(C)(C)C(=O)N1CCCCC1.CCC(N1CCCC1)C(C)(C)C.CCN1CCN(C(=O)C(C)(C)C)CC1. The second-order valence-corrected chi connectivity index (χ2v) is 14.6. The molecular formula is C32H64N4O2. The summed E-state index contributed by atoms with van der Waals surface area (Å²) in [6.45, 7) is 33.0. The van der Waals surface area contributed by atoms with E-state index in [9.17, 15) is 9.59 Å². The Morgan fingerprint density at radius 3 is 1.32 bits per heavy atom. The highest BCUT2D eigenvalue weighted by molar-refractivity contribution is 5.82. The molecule has 0 saturated carbocycles. The average Bonchev–Trinajstić information content (AvgIpc) is 3.37. The van der Waals surface area contributed by atoms with Gasteiger partial charge in [0.2, 0.25) is 11.8 Å². The molecule has 3 aliphatic rings. The summed E-state index contributed by atoms with van der Waals surface area (Å²) in [4.78, 5) is 32.7. The number of carbonyl (C=O) groups is 2. The quantitative estimate of drug-likeness (QED) is 0.434. The van der Waals surface area contributed by atoms with Crippen LogP contribution in [0.5, 0.6) is 0 Å². The molecule has 0 aromatic carbocycles. The number of likely N-dealkylation sites (N-methyl/N-ethyl adjacent to an activating group) is 1. The summed E-state index contributed by atoms with van der Waals surface area (Å²) < 4.78 is 0. The van der Waals surface area contributed by atoms with Crippen LogP contribution in [0.2, 0.25) is 0 Å². The second-order valence-electron chi connectivity index (χ2n) is 14.6. The molecule has 0 aliphatic carbocycles. The fourth-order valence-electron chi connectivity index (χ4n) is 5.78. The molecule has 6 heteroatoms. The van der Waals surface area contributed by atoms with E-state index < -0.39 is 0 Å². The summed E-state index contributed by atoms with van der Waals surface area (Å²) in [5.74, 6) is 0.593. The van der Waals surface area contributed by atoms with Gasteiger partial charge in [0, 0.05) is 56.1 Å². The minimum atomic E-state index is -0.228. The Balaban J connectivity index is 0.000000286. The van der Waals surface area contributed by atoms with Crippen molar-refractivity contribution < 1.29 is 9.59 Å². The Hall–Kier alpha value is -1.14. The van der Waals surface area contributed by atoms with Crippen molar-refractivity contribution >= 4 is 11.8 Å². The summed E-state index contributed by atoms with van der Waals surface area (Å²) >= 11 is 0. The molecule has 3 rings (SSSR count). The van der Waals surface area contributed by atoms with E-state index in [2.05, 4.69) is 44.4 Å². The summed E-state index contributed by atoms with van der Waals surface area (Å²) in [5.41, 5.74) is 0.0326. The first-order chi connectivity index (χ1) is 17.5. The zero-order valence-corrected chi connectivity index (χ0v) is 27.3. The van der Waals surface area contributed by atoms with Gasteiger partial charge in [0.1, 0.15) is 0 Å². The Morgan fingerprint density at radius 2 is 0.974 bits per heavy atom. The fourth-order valence-corrected chi connectivity index (χ4v) is 5.78. The molecule has 0 bridgehead atoms. The lowest BCUT2D eigenvalue weighted by molar-refractivity contribution is -0.141. The lowest BCUT2D eigenvalue weighted by Crippen LogP contribution is -2.51. The van der Waals surface area contributed by atoms with Gasteiger partial charge >= 0.3 is 0 Å². The second kappa shape index (κ2) is 15.6. The minimum Gasteiger partial charge on any atom is -0.342 e. The Kier molecular flexibility index (Phi) is 14.3. The highest BCUT2D eigenvalue weighted by atomic mass is 16.2. The van der Waals surface area contributed by atoms with Gasteiger partial charge in [0.15, 0.2) is 0 Å². The van der Waals surface area contributed by atoms with Gasteiger partial charge in [-0.2, -0.15) is 0 Å². The molecule has 0 aromatic rings. The molecule has 1 unspecified atom stereocenters. The van der Waals surface area contributed by atoms with E-state index in [1.165, 1.54) is 51.6 Å². The lowest BCUT2D eigenvalue weighted by atomic mass is 9.84. The van der Waals surface area contributed by atoms with Crippen LogP contribution in [0, 0.1) is 16.2 Å². The maximum absolute atomic E-state index is 11.9. The van der Waals surface area contributed by atoms with E-state index in [1.54, 1.807) is 0 Å². The van der Waals surface area contributed by atoms with Gasteiger partial charge in [-0.05, 0) is 63.6 Å². The summed E-state index contributed by atoms with van der Waals surface area (Å²) in [7, 11) is 0. The molecule has 1 atom stereocenters. The molecule has 3 aliphatic heterocycles. The number of hydrogen-bond acceptors (Lipinski definition) is 4. The number of rotatable bonds is 3. The van der Waals surface area contributed by atoms with Crippen molar-refractivity contribution in [3.8, 4) is 0 Å². The lowest BCUT2D eigenvalue weighted by Gasteiger charge is -2.37. The van der Waals surface area contributed by atoms with Crippen molar-refractivity contribution in [2.24, 2.45) is 16.2 Å². The zero-order chi connectivity index (χ0) is 29.1. The molecule has 3 heterocycles. The van der Waals surface area contributed by atoms with Crippen LogP contribution >= 0.6 is 0 Å². The van der Waals surface area contributed by atoms with Gasteiger partial charge in [-0.3, -0.25) is 14.5 Å². The molecule has 6 nitrogen and oxygen atoms in total. The highest BCUT2D eigenvalue weighted by Gasteiger charge is 2.31. The smallest absolute Gasteiger partial charge is 0.228 e. The number of carbonyl (C=O) groups excluding carboxylic acids is 2. The van der Waals surface area contributed by atoms with E-state index in [1.807, 2.05) is 51.3 Å². The third kappa shape index (κ3) is 11.9. The molecular weight excluding hydrogens is 472 g/mol. The van der Waals surface area contributed by atoms with Crippen LogP contribution in [-0.2, 0) is 9.59 Å². The number of amides is 2. The molecule has 3 fully saturated rings. The van der Waals surface area contributed by atoms with Crippen molar-refractivity contribution in [1.82, 2.24) is 19.6 Å². The van der Waals surface area contributed by atoms with Crippen LogP contribution in [-0.4, -0.2) is 96.4 Å². The molecule has 38 heavy (non-hydrogen) atoms. The molecule has 0 N–H and O–H groups in total. The van der Waals surface area contributed by atoms with Gasteiger partial charge in [0.25, 0.3) is 0 Å². The van der Waals surface area contributed by atoms with E-state index in [4.69, 9.17) is 0 Å². The standard InChI is InChI=1S/C11H22N2O.C11H23N.C10H19NO/c1-5-12-6-8-13(9-7-12)10(14)11(2,3)4;1-5-10(11(2,3)4)12-8-6-7-9-12;1-10(2,3)9(12)11-7-5-4-6-8-11/h5-9H2,1-4H3;10H,5-9H2,1-4H3;4-8H2,1-3H3. The van der Waals surface area contributed by atoms with Crippen LogP contribution in [0.3, 0.4) is 0 Å². The van der Waals surface area contributed by atoms with E-state index in [0.717, 1.165) is 51.9 Å². The van der Waals surface area contributed by atoms with Crippen molar-refractivity contribution in [3.63, 3.8) is 0 Å². The predicted octanol–water partition coefficient (Wildman–Crippen LogP) is 6.15. The Labute approximate surface area is 236 Å². The van der Waals surface area contributed by atoms with E-state index in [-0.39, 0.29) is 16.7 Å². The average molecular weight is 537 g/mol. The van der Waals surface area contributed by atoms with Gasteiger partial charge in [0.05, 0.1) is 0 Å². The predicted molar refractivity (Wildman–Crippen MR) is 162 cm³/mol. The van der Waals surface area contributed by atoms with Crippen molar-refractivity contribution in [3.05, 3.63) is 0 Å². The summed E-state index contributed by atoms with van der Waals surface area (Å²) in [6.07, 6.45) is 7.76. The van der Waals surface area contributed by atoms with Gasteiger partial charge in [-0.15, -0.1) is 0 Å². The summed E-state index contributed by atoms with van der Waals surface area (Å²) in [5, 5.41) is 0. The van der Waals surface area contributed by atoms with Crippen LogP contribution < -0.4 is 0 Å². The Morgan fingerprint density at radius 1 is 0.579 bits per heavy atom. The monoisotopic (exact) mass is 537 g/mol. The van der Waals surface area contributed by atoms with Crippen molar-refractivity contribution in [1.29, 1.82) is 0 Å². The van der Waals surface area contributed by atoms with Crippen molar-refractivity contribution in [2.45, 2.75) is 121 Å². The maximum Gasteiger partial charge on any atom is 0.228 e. The minimum absolute atomic E-state index is 0.197. The topological polar surface area (TPSA) is 47.1 Å². The van der Waals surface area contributed by atoms with Crippen LogP contribution in [0.15, 0.2) is 0 Å². The number of piperazine rings is 1. The number of hydrogen-bond donors (Lipinski definition) is 0. The molecule has 2 amide bonds. The van der Waals surface area contributed by atoms with Crippen LogP contribution in [0.25, 0.3) is 0 Å². The molecule has 0 aromatic heterocycles. The van der Waals surface area contributed by atoms with E-state index >= 15 is 0 Å². The zero-order valence-electron chi connectivity index (χ0n) is 27.3. The Bertz CT molecular complexity index is 682. The van der Waals surface area contributed by atoms with Gasteiger partial charge in [-0.25, -0.2) is 0 Å². The van der Waals surface area contributed by atoms with E-state index in [0.29, 0.717) is 11.3 Å². The van der Waals surface area contributed by atoms with Gasteiger partial charge in [-0.1, -0.05) is 76.2 Å². The number of likely N-dealkylation sites (tertiary alicyclic amines) is 2. The highest BCUT2D eigenvalue weighted by Crippen LogP contribution is 2.29. The first-order valence-electron chi connectivity index (χ1n) is 15.6. The van der Waals surface area contributed by atoms with Crippen molar-refractivity contribution in [2.75, 3.05) is 58.9 Å². The molecule has 3 saturated heterocycles. The normalized spacial score (nSPS) is 20.7. The fraction of sp³-hybridized carbons (Fsp3) is 0.938. The molecule has 224 valence electrons. The maximum atomic E-state index is 11.9. The number of nitrogens with zero attached hydrogens (tertiary/aromatic N) is 4. The largest absolute Gasteiger partial charge is 0.342 e. The first kappa shape index (κ1) is 34.9. The molecule has 0 radical (unpaired) electrons. The third-order valence-electron chi connectivity index (χ3n) is 8.00. The first-order valence-corrected chi connectivity index (χ1v) is 15.6. The number of piperidine rings is 1. The van der Waals surface area contributed by atoms with Crippen LogP contribution in [0.1, 0.15) is 115 Å². The third-order valence-corrected chi connectivity index (χ3v) is 8.00. The molecule has 0 spiro atoms.